The molecule has 6 nitrogen and oxygen atoms in total. The first kappa shape index (κ1) is 13.8. The molecule has 21 heavy (non-hydrogen) atoms. The number of ketones is 2. The molecule has 3 rings (SSSR count). The molecule has 2 aliphatic rings. The molecule has 0 radical (unpaired) electrons. The van der Waals surface area contributed by atoms with Gasteiger partial charge in [0.2, 0.25) is 0 Å². The van der Waals surface area contributed by atoms with Crippen LogP contribution in [0.2, 0.25) is 0 Å². The molecule has 0 aromatic heterocycles. The third kappa shape index (κ3) is 1.80. The molecule has 0 bridgehead atoms. The number of aromatic hydroxyl groups is 2. The van der Waals surface area contributed by atoms with E-state index in [1.165, 1.54) is 6.92 Å². The molecule has 4 N–H and O–H groups in total. The van der Waals surface area contributed by atoms with Crippen LogP contribution in [-0.2, 0) is 12.8 Å². The summed E-state index contributed by atoms with van der Waals surface area (Å²) in [5, 5.41) is 40.6. The van der Waals surface area contributed by atoms with Gasteiger partial charge in [-0.1, -0.05) is 0 Å². The van der Waals surface area contributed by atoms with Crippen molar-refractivity contribution in [1.82, 2.24) is 0 Å². The van der Waals surface area contributed by atoms with Crippen molar-refractivity contribution in [3.05, 3.63) is 34.4 Å². The van der Waals surface area contributed by atoms with Gasteiger partial charge in [-0.25, -0.2) is 0 Å². The molecule has 0 heterocycles. The van der Waals surface area contributed by atoms with Gasteiger partial charge in [-0.05, 0) is 19.1 Å². The fourth-order valence-electron chi connectivity index (χ4n) is 2.92. The van der Waals surface area contributed by atoms with Crippen molar-refractivity contribution in [3.8, 4) is 11.5 Å². The second-order valence-corrected chi connectivity index (χ2v) is 5.72. The molecule has 110 valence electrons. The number of fused-ring (bicyclic) bond motifs is 2. The summed E-state index contributed by atoms with van der Waals surface area (Å²) in [5.41, 5.74) is -1.58. The van der Waals surface area contributed by atoms with Gasteiger partial charge in [0.1, 0.15) is 11.5 Å². The summed E-state index contributed by atoms with van der Waals surface area (Å²) in [6.45, 7) is 1.41. The van der Waals surface area contributed by atoms with Gasteiger partial charge in [0.15, 0.2) is 11.6 Å². The lowest BCUT2D eigenvalue weighted by atomic mass is 9.75. The van der Waals surface area contributed by atoms with Crippen molar-refractivity contribution < 1.29 is 30.0 Å². The van der Waals surface area contributed by atoms with Gasteiger partial charge in [0.25, 0.3) is 0 Å². The van der Waals surface area contributed by atoms with E-state index in [2.05, 4.69) is 0 Å². The number of rotatable bonds is 0. The van der Waals surface area contributed by atoms with Gasteiger partial charge in [0, 0.05) is 24.0 Å². The number of hydrogen-bond acceptors (Lipinski definition) is 6. The largest absolute Gasteiger partial charge is 0.507 e. The third-order valence-electron chi connectivity index (χ3n) is 4.19. The van der Waals surface area contributed by atoms with Crippen LogP contribution in [0.15, 0.2) is 12.2 Å². The highest BCUT2D eigenvalue weighted by Gasteiger charge is 2.41. The molecule has 2 aliphatic carbocycles. The van der Waals surface area contributed by atoms with E-state index in [1.807, 2.05) is 0 Å². The Hall–Kier alpha value is -2.18. The summed E-state index contributed by atoms with van der Waals surface area (Å²) in [6.07, 6.45) is 0.692. The Bertz CT molecular complexity index is 714. The summed E-state index contributed by atoms with van der Waals surface area (Å²) in [6, 6.07) is 0. The van der Waals surface area contributed by atoms with Crippen molar-refractivity contribution in [2.75, 3.05) is 0 Å². The molecule has 1 aromatic carbocycles. The molecule has 2 atom stereocenters. The van der Waals surface area contributed by atoms with Gasteiger partial charge in [-0.2, -0.15) is 0 Å². The van der Waals surface area contributed by atoms with Crippen LogP contribution in [0.1, 0.15) is 38.8 Å². The maximum Gasteiger partial charge on any atom is 0.190 e. The Labute approximate surface area is 120 Å². The molecule has 0 amide bonds. The Kier molecular flexibility index (Phi) is 2.73. The lowest BCUT2D eigenvalue weighted by molar-refractivity contribution is -0.0668. The van der Waals surface area contributed by atoms with Crippen molar-refractivity contribution in [3.63, 3.8) is 0 Å². The number of aliphatic hydroxyl groups is 2. The topological polar surface area (TPSA) is 115 Å². The molecule has 6 heteroatoms. The summed E-state index contributed by atoms with van der Waals surface area (Å²) >= 11 is 0. The summed E-state index contributed by atoms with van der Waals surface area (Å²) in [7, 11) is 0. The highest BCUT2D eigenvalue weighted by Crippen LogP contribution is 2.45. The Balaban J connectivity index is 2.33. The van der Waals surface area contributed by atoms with E-state index in [0.29, 0.717) is 0 Å². The zero-order chi connectivity index (χ0) is 15.5. The van der Waals surface area contributed by atoms with E-state index in [0.717, 1.165) is 12.2 Å². The number of hydrogen-bond donors (Lipinski definition) is 4. The lowest BCUT2D eigenvalue weighted by Crippen LogP contribution is -2.46. The van der Waals surface area contributed by atoms with Crippen LogP contribution in [0.5, 0.6) is 11.5 Å². The number of phenols is 2. The van der Waals surface area contributed by atoms with Crippen LogP contribution in [0.4, 0.5) is 0 Å². The molecule has 0 unspecified atom stereocenters. The first-order valence-electron chi connectivity index (χ1n) is 6.51. The van der Waals surface area contributed by atoms with Crippen LogP contribution in [0.25, 0.3) is 0 Å². The van der Waals surface area contributed by atoms with Crippen molar-refractivity contribution in [1.29, 1.82) is 0 Å². The fraction of sp³-hybridized carbons (Fsp3) is 0.333. The molecule has 0 fully saturated rings. The first-order valence-corrected chi connectivity index (χ1v) is 6.51. The van der Waals surface area contributed by atoms with Gasteiger partial charge in [-0.3, -0.25) is 9.59 Å². The van der Waals surface area contributed by atoms with Crippen LogP contribution < -0.4 is 0 Å². The predicted molar refractivity (Wildman–Crippen MR) is 71.6 cm³/mol. The van der Waals surface area contributed by atoms with E-state index in [1.54, 1.807) is 0 Å². The Morgan fingerprint density at radius 3 is 2.05 bits per heavy atom. The van der Waals surface area contributed by atoms with Gasteiger partial charge in [-0.15, -0.1) is 0 Å². The average Bonchev–Trinajstić information content (AvgIpc) is 2.40. The Morgan fingerprint density at radius 2 is 1.52 bits per heavy atom. The zero-order valence-electron chi connectivity index (χ0n) is 11.3. The van der Waals surface area contributed by atoms with Gasteiger partial charge >= 0.3 is 0 Å². The van der Waals surface area contributed by atoms with E-state index in [-0.39, 0.29) is 35.1 Å². The predicted octanol–water partition coefficient (Wildman–Crippen LogP) is 0.244. The number of phenolic OH excluding ortho intramolecular Hbond substituents is 2. The maximum atomic E-state index is 11.9. The SMILES string of the molecule is C[C@@]1(O)Cc2c(O)c3c(c(O)c2C[C@@H]1O)C(=O)C=CC3=O. The minimum atomic E-state index is -1.48. The number of carbonyl (C=O) groups is 2. The minimum Gasteiger partial charge on any atom is -0.507 e. The monoisotopic (exact) mass is 290 g/mol. The molecular weight excluding hydrogens is 276 g/mol. The van der Waals surface area contributed by atoms with Crippen LogP contribution in [0, 0.1) is 0 Å². The molecule has 0 spiro atoms. The highest BCUT2D eigenvalue weighted by atomic mass is 16.3. The van der Waals surface area contributed by atoms with Crippen molar-refractivity contribution in [2.45, 2.75) is 31.5 Å². The standard InChI is InChI=1S/C15H14O6/c1-15(21)5-7-6(4-10(15)18)13(19)11-8(16)2-3-9(17)12(11)14(7)20/h2-3,10,18-21H,4-5H2,1H3/t10-,15+/m0/s1. The molecule has 0 saturated carbocycles. The van der Waals surface area contributed by atoms with Gasteiger partial charge < -0.3 is 20.4 Å². The second-order valence-electron chi connectivity index (χ2n) is 5.72. The van der Waals surface area contributed by atoms with E-state index >= 15 is 0 Å². The molecule has 0 aliphatic heterocycles. The lowest BCUT2D eigenvalue weighted by Gasteiger charge is -2.36. The second kappa shape index (κ2) is 4.16. The zero-order valence-corrected chi connectivity index (χ0v) is 11.3. The number of aliphatic hydroxyl groups excluding tert-OH is 1. The van der Waals surface area contributed by atoms with Crippen LogP contribution in [-0.4, -0.2) is 43.7 Å². The highest BCUT2D eigenvalue weighted by molar-refractivity contribution is 6.24. The van der Waals surface area contributed by atoms with E-state index in [4.69, 9.17) is 0 Å². The minimum absolute atomic E-state index is 0.111. The van der Waals surface area contributed by atoms with E-state index < -0.39 is 34.8 Å². The molecule has 0 saturated heterocycles. The fourth-order valence-corrected chi connectivity index (χ4v) is 2.92. The first-order chi connectivity index (χ1) is 9.74. The summed E-state index contributed by atoms with van der Waals surface area (Å²) in [5.74, 6) is -1.97. The normalized spacial score (nSPS) is 27.5. The summed E-state index contributed by atoms with van der Waals surface area (Å²) in [4.78, 5) is 23.8. The smallest absolute Gasteiger partial charge is 0.190 e. The van der Waals surface area contributed by atoms with Gasteiger partial charge in [0.05, 0.1) is 22.8 Å². The maximum absolute atomic E-state index is 11.9. The number of allylic oxidation sites excluding steroid dienone is 2. The third-order valence-corrected chi connectivity index (χ3v) is 4.19. The number of benzene rings is 1. The summed E-state index contributed by atoms with van der Waals surface area (Å²) < 4.78 is 0. The van der Waals surface area contributed by atoms with Crippen molar-refractivity contribution >= 4 is 11.6 Å². The van der Waals surface area contributed by atoms with Crippen LogP contribution >= 0.6 is 0 Å². The van der Waals surface area contributed by atoms with Crippen LogP contribution in [0.3, 0.4) is 0 Å². The van der Waals surface area contributed by atoms with Crippen molar-refractivity contribution in [2.24, 2.45) is 0 Å². The average molecular weight is 290 g/mol. The molecular formula is C15H14O6. The Morgan fingerprint density at radius 1 is 1.05 bits per heavy atom. The molecule has 1 aromatic rings. The van der Waals surface area contributed by atoms with E-state index in [9.17, 15) is 30.0 Å². The quantitative estimate of drug-likeness (QED) is 0.509. The number of carbonyl (C=O) groups excluding carboxylic acids is 2.